The van der Waals surface area contributed by atoms with E-state index >= 15 is 0 Å². The topological polar surface area (TPSA) is 101 Å². The van der Waals surface area contributed by atoms with Crippen molar-refractivity contribution in [3.63, 3.8) is 0 Å². The molecule has 3 N–H and O–H groups in total. The fourth-order valence-corrected chi connectivity index (χ4v) is 5.05. The van der Waals surface area contributed by atoms with E-state index in [-0.39, 0.29) is 36.6 Å². The normalized spacial score (nSPS) is 25.2. The molecule has 3 aliphatic rings. The van der Waals surface area contributed by atoms with Crippen molar-refractivity contribution in [1.29, 1.82) is 0 Å². The van der Waals surface area contributed by atoms with Crippen molar-refractivity contribution in [1.82, 2.24) is 14.3 Å². The molecular weight excluding hydrogens is 409 g/mol. The Labute approximate surface area is 173 Å². The van der Waals surface area contributed by atoms with Crippen LogP contribution in [0.4, 0.5) is 5.82 Å². The third-order valence-electron chi connectivity index (χ3n) is 5.42. The quantitative estimate of drug-likeness (QED) is 0.677. The highest BCUT2D eigenvalue weighted by Crippen LogP contribution is 2.41. The molecule has 1 aliphatic heterocycles. The van der Waals surface area contributed by atoms with E-state index in [0.29, 0.717) is 31.5 Å². The molecule has 0 atom stereocenters. The summed E-state index contributed by atoms with van der Waals surface area (Å²) in [4.78, 5) is 9.35. The number of nitrogens with two attached hydrogens (primary N) is 1. The van der Waals surface area contributed by atoms with Crippen LogP contribution in [-0.2, 0) is 10.0 Å². The highest BCUT2D eigenvalue weighted by Gasteiger charge is 2.32. The molecule has 0 unspecified atom stereocenters. The summed E-state index contributed by atoms with van der Waals surface area (Å²) in [5.74, 6) is 2.66. The smallest absolute Gasteiger partial charge is 0.215 e. The predicted octanol–water partition coefficient (Wildman–Crippen LogP) is 2.24. The second-order valence-corrected chi connectivity index (χ2v) is 9.68. The zero-order valence-corrected chi connectivity index (χ0v) is 17.8. The largest absolute Gasteiger partial charge is 0.369 e. The van der Waals surface area contributed by atoms with Gasteiger partial charge in [-0.3, -0.25) is 0 Å². The maximum atomic E-state index is 12.3. The summed E-state index contributed by atoms with van der Waals surface area (Å²) in [6.07, 6.45) is 6.19. The minimum Gasteiger partial charge on any atom is -0.369 e. The number of sulfonamides is 1. The molecule has 2 heterocycles. The first-order chi connectivity index (χ1) is 12.0. The molecule has 154 valence electrons. The lowest BCUT2D eigenvalue weighted by molar-refractivity contribution is 0.344. The van der Waals surface area contributed by atoms with Gasteiger partial charge in [-0.1, -0.05) is 0 Å². The van der Waals surface area contributed by atoms with E-state index in [2.05, 4.69) is 10.3 Å². The lowest BCUT2D eigenvalue weighted by atomic mass is 9.78. The van der Waals surface area contributed by atoms with Crippen LogP contribution in [0.5, 0.6) is 0 Å². The third-order valence-corrected chi connectivity index (χ3v) is 7.30. The molecular formula is C17H29Cl2N5O2S. The lowest BCUT2D eigenvalue weighted by Gasteiger charge is -2.32. The minimum absolute atomic E-state index is 0. The molecule has 0 spiro atoms. The van der Waals surface area contributed by atoms with E-state index in [0.717, 1.165) is 55.9 Å². The van der Waals surface area contributed by atoms with Gasteiger partial charge in [0.1, 0.15) is 11.6 Å². The second-order valence-electron chi connectivity index (χ2n) is 7.59. The first-order valence-electron chi connectivity index (χ1n) is 9.37. The number of rotatable bonds is 7. The zero-order chi connectivity index (χ0) is 17.4. The molecule has 10 heteroatoms. The Bertz CT molecular complexity index is 733. The highest BCUT2D eigenvalue weighted by molar-refractivity contribution is 7.89. The zero-order valence-electron chi connectivity index (χ0n) is 15.3. The van der Waals surface area contributed by atoms with E-state index in [9.17, 15) is 8.42 Å². The SMILES string of the molecule is Cl.Cl.NC1CC(c2cc(NCCS(=O)(=O)N3CCCC3)nc(C3CC3)n2)C1. The Balaban J connectivity index is 0.00000131. The predicted molar refractivity (Wildman–Crippen MR) is 112 cm³/mol. The molecule has 2 aliphatic carbocycles. The average Bonchev–Trinajstić information content (AvgIpc) is 3.25. The van der Waals surface area contributed by atoms with Crippen molar-refractivity contribution in [3.05, 3.63) is 17.6 Å². The van der Waals surface area contributed by atoms with Crippen molar-refractivity contribution in [2.24, 2.45) is 5.73 Å². The van der Waals surface area contributed by atoms with E-state index in [1.165, 1.54) is 0 Å². The van der Waals surface area contributed by atoms with Crippen LogP contribution in [0, 0.1) is 0 Å². The summed E-state index contributed by atoms with van der Waals surface area (Å²) in [6, 6.07) is 2.26. The maximum absolute atomic E-state index is 12.3. The highest BCUT2D eigenvalue weighted by atomic mass is 35.5. The Morgan fingerprint density at radius 1 is 1.11 bits per heavy atom. The first kappa shape index (κ1) is 22.6. The van der Waals surface area contributed by atoms with Gasteiger partial charge < -0.3 is 11.1 Å². The van der Waals surface area contributed by atoms with E-state index < -0.39 is 10.0 Å². The number of hydrogen-bond donors (Lipinski definition) is 2. The molecule has 4 rings (SSSR count). The van der Waals surface area contributed by atoms with Gasteiger partial charge >= 0.3 is 0 Å². The van der Waals surface area contributed by atoms with Crippen LogP contribution in [-0.4, -0.2) is 54.1 Å². The van der Waals surface area contributed by atoms with Crippen LogP contribution in [0.15, 0.2) is 6.07 Å². The molecule has 1 aromatic heterocycles. The van der Waals surface area contributed by atoms with Crippen molar-refractivity contribution < 1.29 is 8.42 Å². The second kappa shape index (κ2) is 9.22. The molecule has 7 nitrogen and oxygen atoms in total. The Hall–Kier alpha value is -0.670. The Morgan fingerprint density at radius 2 is 1.78 bits per heavy atom. The van der Waals surface area contributed by atoms with Gasteiger partial charge in [0.05, 0.1) is 5.75 Å². The van der Waals surface area contributed by atoms with Gasteiger partial charge in [0, 0.05) is 49.3 Å². The number of halogens is 2. The maximum Gasteiger partial charge on any atom is 0.215 e. The molecule has 0 aromatic carbocycles. The fraction of sp³-hybridized carbons (Fsp3) is 0.765. The third kappa shape index (κ3) is 5.44. The molecule has 2 saturated carbocycles. The average molecular weight is 438 g/mol. The number of aromatic nitrogens is 2. The van der Waals surface area contributed by atoms with Crippen LogP contribution in [0.2, 0.25) is 0 Å². The van der Waals surface area contributed by atoms with Crippen LogP contribution >= 0.6 is 24.8 Å². The van der Waals surface area contributed by atoms with Crippen LogP contribution < -0.4 is 11.1 Å². The van der Waals surface area contributed by atoms with Crippen molar-refractivity contribution in [2.75, 3.05) is 30.7 Å². The van der Waals surface area contributed by atoms with Crippen molar-refractivity contribution in [3.8, 4) is 0 Å². The Kier molecular flexibility index (Phi) is 7.72. The molecule has 0 radical (unpaired) electrons. The fourth-order valence-electron chi connectivity index (χ4n) is 3.62. The van der Waals surface area contributed by atoms with E-state index in [1.54, 1.807) is 4.31 Å². The van der Waals surface area contributed by atoms with Gasteiger partial charge in [-0.05, 0) is 38.5 Å². The Morgan fingerprint density at radius 3 is 2.37 bits per heavy atom. The summed E-state index contributed by atoms with van der Waals surface area (Å²) in [7, 11) is -3.16. The monoisotopic (exact) mass is 437 g/mol. The summed E-state index contributed by atoms with van der Waals surface area (Å²) in [5, 5.41) is 3.21. The molecule has 1 aromatic rings. The number of anilines is 1. The summed E-state index contributed by atoms with van der Waals surface area (Å²) in [5.41, 5.74) is 6.97. The van der Waals surface area contributed by atoms with Crippen molar-refractivity contribution in [2.45, 2.75) is 56.4 Å². The summed E-state index contributed by atoms with van der Waals surface area (Å²) >= 11 is 0. The van der Waals surface area contributed by atoms with Crippen LogP contribution in [0.3, 0.4) is 0 Å². The van der Waals surface area contributed by atoms with Gasteiger partial charge in [-0.15, -0.1) is 24.8 Å². The molecule has 0 amide bonds. The molecule has 0 bridgehead atoms. The van der Waals surface area contributed by atoms with Gasteiger partial charge in [0.25, 0.3) is 0 Å². The van der Waals surface area contributed by atoms with E-state index in [4.69, 9.17) is 10.7 Å². The summed E-state index contributed by atoms with van der Waals surface area (Å²) < 4.78 is 26.2. The van der Waals surface area contributed by atoms with Crippen molar-refractivity contribution >= 4 is 40.7 Å². The number of hydrogen-bond acceptors (Lipinski definition) is 6. The lowest BCUT2D eigenvalue weighted by Crippen LogP contribution is -2.35. The number of nitrogens with zero attached hydrogens (tertiary/aromatic N) is 3. The van der Waals surface area contributed by atoms with E-state index in [1.807, 2.05) is 6.07 Å². The van der Waals surface area contributed by atoms with Gasteiger partial charge in [0.2, 0.25) is 10.0 Å². The summed E-state index contributed by atoms with van der Waals surface area (Å²) in [6.45, 7) is 1.70. The standard InChI is InChI=1S/C17H27N5O2S.2ClH/c18-14-9-13(10-14)15-11-16(21-17(20-15)12-3-4-12)19-5-8-25(23,24)22-6-1-2-7-22;;/h11-14H,1-10,18H2,(H,19,20,21);2*1H. The first-order valence-corrected chi connectivity index (χ1v) is 11.0. The molecule has 1 saturated heterocycles. The van der Waals surface area contributed by atoms with Gasteiger partial charge in [-0.25, -0.2) is 22.7 Å². The van der Waals surface area contributed by atoms with Gasteiger partial charge in [-0.2, -0.15) is 0 Å². The molecule has 27 heavy (non-hydrogen) atoms. The molecule has 3 fully saturated rings. The van der Waals surface area contributed by atoms with Gasteiger partial charge in [0.15, 0.2) is 0 Å². The van der Waals surface area contributed by atoms with Crippen LogP contribution in [0.1, 0.15) is 61.9 Å². The number of nitrogens with one attached hydrogen (secondary N) is 1. The van der Waals surface area contributed by atoms with Crippen LogP contribution in [0.25, 0.3) is 0 Å². The minimum atomic E-state index is -3.16.